The lowest BCUT2D eigenvalue weighted by atomic mass is 9.81. The molecule has 0 aliphatic rings. The van der Waals surface area contributed by atoms with Crippen LogP contribution in [0.15, 0.2) is 0 Å². The standard InChI is InChI=1S/C11H23.Al.2H/c1-5-9-11(8-4)10(6-2)7-3;;;/h11H,5-9H2,1-4H3;;;. The quantitative estimate of drug-likeness (QED) is 0.555. The summed E-state index contributed by atoms with van der Waals surface area (Å²) in [5.74, 6) is 1.00. The second kappa shape index (κ2) is 6.06. The summed E-state index contributed by atoms with van der Waals surface area (Å²) in [6, 6.07) is 0. The van der Waals surface area contributed by atoms with Crippen molar-refractivity contribution >= 4 is 16.3 Å². The van der Waals surface area contributed by atoms with Gasteiger partial charge in [0.25, 0.3) is 0 Å². The van der Waals surface area contributed by atoms with E-state index in [4.69, 9.17) is 0 Å². The van der Waals surface area contributed by atoms with Crippen LogP contribution in [0.2, 0.25) is 4.28 Å². The lowest BCUT2D eigenvalue weighted by Gasteiger charge is -2.36. The van der Waals surface area contributed by atoms with E-state index in [-0.39, 0.29) is 0 Å². The van der Waals surface area contributed by atoms with Crippen LogP contribution in [0.4, 0.5) is 0 Å². The molecule has 1 atom stereocenters. The van der Waals surface area contributed by atoms with E-state index in [1.807, 2.05) is 0 Å². The van der Waals surface area contributed by atoms with Gasteiger partial charge in [-0.05, 0) is 5.92 Å². The van der Waals surface area contributed by atoms with E-state index in [9.17, 15) is 0 Å². The molecule has 0 fully saturated rings. The summed E-state index contributed by atoms with van der Waals surface area (Å²) in [4.78, 5) is 0. The Labute approximate surface area is 86.6 Å². The zero-order chi connectivity index (χ0) is 9.61. The topological polar surface area (TPSA) is 0 Å². The summed E-state index contributed by atoms with van der Waals surface area (Å²) in [7, 11) is 0. The average molecular weight is 184 g/mol. The van der Waals surface area contributed by atoms with Gasteiger partial charge in [-0.1, -0.05) is 64.1 Å². The number of rotatable bonds is 6. The number of hydrogen-bond donors (Lipinski definition) is 0. The molecule has 0 aromatic rings. The van der Waals surface area contributed by atoms with Gasteiger partial charge in [0.05, 0.1) is 0 Å². The maximum Gasteiger partial charge on any atom is 0.221 e. The molecule has 0 bridgehead atoms. The smallest absolute Gasteiger partial charge is 0.0775 e. The molecule has 1 unspecified atom stereocenters. The van der Waals surface area contributed by atoms with Crippen LogP contribution in [0.3, 0.4) is 0 Å². The molecule has 12 heavy (non-hydrogen) atoms. The summed E-state index contributed by atoms with van der Waals surface area (Å²) >= 11 is 1.38. The van der Waals surface area contributed by atoms with Crippen LogP contribution < -0.4 is 0 Å². The third kappa shape index (κ3) is 3.11. The molecule has 1 heteroatoms. The molecule has 72 valence electrons. The van der Waals surface area contributed by atoms with E-state index in [2.05, 4.69) is 27.7 Å². The predicted molar refractivity (Wildman–Crippen MR) is 60.5 cm³/mol. The minimum absolute atomic E-state index is 0.741. The van der Waals surface area contributed by atoms with E-state index >= 15 is 0 Å². The first-order valence-corrected chi connectivity index (χ1v) is 6.64. The van der Waals surface area contributed by atoms with Crippen LogP contribution >= 0.6 is 0 Å². The fourth-order valence-electron chi connectivity index (χ4n) is 2.22. The van der Waals surface area contributed by atoms with Crippen LogP contribution in [0, 0.1) is 5.92 Å². The van der Waals surface area contributed by atoms with Crippen molar-refractivity contribution in [3.63, 3.8) is 0 Å². The second-order valence-electron chi connectivity index (χ2n) is 4.25. The molecule has 0 nitrogen and oxygen atoms in total. The lowest BCUT2D eigenvalue weighted by molar-refractivity contribution is 0.304. The molecule has 0 rings (SSSR count). The van der Waals surface area contributed by atoms with Crippen molar-refractivity contribution in [2.75, 3.05) is 0 Å². The fraction of sp³-hybridized carbons (Fsp3) is 1.00. The van der Waals surface area contributed by atoms with Gasteiger partial charge in [0.2, 0.25) is 16.3 Å². The Balaban J connectivity index is 4.21. The molecule has 0 aliphatic carbocycles. The summed E-state index contributed by atoms with van der Waals surface area (Å²) in [5, 5.41) is 0. The molecule has 0 aliphatic heterocycles. The van der Waals surface area contributed by atoms with Crippen LogP contribution in [-0.2, 0) is 0 Å². The highest BCUT2D eigenvalue weighted by Gasteiger charge is 2.28. The lowest BCUT2D eigenvalue weighted by Crippen LogP contribution is -2.22. The summed E-state index contributed by atoms with van der Waals surface area (Å²) < 4.78 is 0.741. The Morgan fingerprint density at radius 3 is 1.83 bits per heavy atom. The molecule has 0 spiro atoms. The summed E-state index contributed by atoms with van der Waals surface area (Å²) in [5.41, 5.74) is 0. The van der Waals surface area contributed by atoms with Gasteiger partial charge >= 0.3 is 0 Å². The molecule has 0 heterocycles. The normalized spacial score (nSPS) is 14.7. The second-order valence-corrected chi connectivity index (χ2v) is 6.25. The van der Waals surface area contributed by atoms with Gasteiger partial charge in [0, 0.05) is 0 Å². The zero-order valence-electron chi connectivity index (χ0n) is 9.61. The minimum atomic E-state index is 0.741. The van der Waals surface area contributed by atoms with E-state index in [0.717, 1.165) is 10.2 Å². The molecule has 0 N–H and O–H groups in total. The third-order valence-electron chi connectivity index (χ3n) is 3.73. The first-order valence-electron chi connectivity index (χ1n) is 5.64. The molecule has 0 aromatic heterocycles. The van der Waals surface area contributed by atoms with E-state index in [0.29, 0.717) is 0 Å². The Morgan fingerprint density at radius 2 is 1.58 bits per heavy atom. The zero-order valence-corrected chi connectivity index (χ0v) is 11.6. The van der Waals surface area contributed by atoms with Gasteiger partial charge < -0.3 is 0 Å². The van der Waals surface area contributed by atoms with Crippen LogP contribution in [-0.4, -0.2) is 16.3 Å². The molecule has 0 aromatic carbocycles. The molecule has 0 saturated heterocycles. The van der Waals surface area contributed by atoms with E-state index in [1.165, 1.54) is 48.4 Å². The average Bonchev–Trinajstić information content (AvgIpc) is 2.13. The van der Waals surface area contributed by atoms with E-state index < -0.39 is 0 Å². The summed E-state index contributed by atoms with van der Waals surface area (Å²) in [6.07, 6.45) is 6.99. The van der Waals surface area contributed by atoms with Crippen LogP contribution in [0.1, 0.15) is 59.8 Å². The highest BCUT2D eigenvalue weighted by Crippen LogP contribution is 2.43. The minimum Gasteiger partial charge on any atom is -0.0775 e. The van der Waals surface area contributed by atoms with Gasteiger partial charge in [-0.3, -0.25) is 0 Å². The monoisotopic (exact) mass is 184 g/mol. The van der Waals surface area contributed by atoms with Gasteiger partial charge in [-0.2, -0.15) is 0 Å². The Hall–Kier alpha value is 0.532. The molecule has 0 amide bonds. The molecule has 0 radical (unpaired) electrons. The van der Waals surface area contributed by atoms with Gasteiger partial charge in [0.1, 0.15) is 0 Å². The van der Waals surface area contributed by atoms with Crippen molar-refractivity contribution in [2.24, 2.45) is 5.92 Å². The molecular formula is C11H25Al. The van der Waals surface area contributed by atoms with Crippen molar-refractivity contribution in [3.05, 3.63) is 0 Å². The Bertz CT molecular complexity index is 106. The van der Waals surface area contributed by atoms with Crippen molar-refractivity contribution in [2.45, 2.75) is 64.1 Å². The van der Waals surface area contributed by atoms with Crippen LogP contribution in [0.25, 0.3) is 0 Å². The summed E-state index contributed by atoms with van der Waals surface area (Å²) in [6.45, 7) is 9.41. The highest BCUT2D eigenvalue weighted by atomic mass is 27.0. The molecular weight excluding hydrogens is 159 g/mol. The SMILES string of the molecule is CCCC(CC)[C]([AlH2])(CC)CC. The maximum absolute atomic E-state index is 2.37. The van der Waals surface area contributed by atoms with Crippen molar-refractivity contribution in [3.8, 4) is 0 Å². The van der Waals surface area contributed by atoms with Crippen LogP contribution in [0.5, 0.6) is 0 Å². The predicted octanol–water partition coefficient (Wildman–Crippen LogP) is 3.42. The Kier molecular flexibility index (Phi) is 6.33. The van der Waals surface area contributed by atoms with E-state index in [1.54, 1.807) is 0 Å². The first-order chi connectivity index (χ1) is 5.64. The van der Waals surface area contributed by atoms with Crippen molar-refractivity contribution < 1.29 is 0 Å². The molecule has 0 saturated carbocycles. The largest absolute Gasteiger partial charge is 0.221 e. The number of hydrogen-bond acceptors (Lipinski definition) is 0. The fourth-order valence-corrected chi connectivity index (χ4v) is 2.92. The van der Waals surface area contributed by atoms with Gasteiger partial charge in [-0.15, -0.1) is 0 Å². The van der Waals surface area contributed by atoms with Gasteiger partial charge in [0.15, 0.2) is 0 Å². The third-order valence-corrected chi connectivity index (χ3v) is 5.96. The highest BCUT2D eigenvalue weighted by molar-refractivity contribution is 6.15. The Morgan fingerprint density at radius 1 is 1.08 bits per heavy atom. The van der Waals surface area contributed by atoms with Gasteiger partial charge in [-0.25, -0.2) is 0 Å². The van der Waals surface area contributed by atoms with Crippen molar-refractivity contribution in [1.82, 2.24) is 0 Å². The first kappa shape index (κ1) is 12.5. The maximum atomic E-state index is 2.37. The van der Waals surface area contributed by atoms with Crippen molar-refractivity contribution in [1.29, 1.82) is 0 Å².